The number of hydrogen-bond acceptors (Lipinski definition) is 5. The molecule has 7 heteroatoms. The molecule has 2 aromatic carbocycles. The molecular weight excluding hydrogens is 466 g/mol. The summed E-state index contributed by atoms with van der Waals surface area (Å²) >= 11 is 0. The van der Waals surface area contributed by atoms with Crippen molar-refractivity contribution >= 4 is 23.6 Å². The van der Waals surface area contributed by atoms with Crippen LogP contribution in [0.4, 0.5) is 5.69 Å². The molecule has 4 fully saturated rings. The number of ether oxygens (including phenoxy) is 2. The average Bonchev–Trinajstić information content (AvgIpc) is 2.90. The first-order valence-electron chi connectivity index (χ1n) is 13.0. The van der Waals surface area contributed by atoms with Crippen LogP contribution in [0.5, 0.6) is 11.5 Å². The average molecular weight is 500 g/mol. The van der Waals surface area contributed by atoms with E-state index in [-0.39, 0.29) is 18.1 Å². The second kappa shape index (κ2) is 10.3. The number of nitrogens with one attached hydrogen (secondary N) is 2. The molecule has 0 aliphatic heterocycles. The zero-order valence-electron chi connectivity index (χ0n) is 21.4. The molecule has 4 aliphatic rings. The molecule has 0 atom stereocenters. The van der Waals surface area contributed by atoms with Crippen LogP contribution in [0.15, 0.2) is 48.0 Å². The highest BCUT2D eigenvalue weighted by Gasteiger charge is 2.51. The third-order valence-electron chi connectivity index (χ3n) is 8.27. The smallest absolute Gasteiger partial charge is 0.262 e. The fraction of sp³-hybridized carbons (Fsp3) is 0.433. The van der Waals surface area contributed by atoms with Gasteiger partial charge in [0, 0.05) is 12.7 Å². The van der Waals surface area contributed by atoms with Crippen LogP contribution in [-0.2, 0) is 15.0 Å². The van der Waals surface area contributed by atoms with Crippen LogP contribution in [0.1, 0.15) is 49.7 Å². The van der Waals surface area contributed by atoms with Gasteiger partial charge in [-0.1, -0.05) is 18.2 Å². The van der Waals surface area contributed by atoms with Crippen molar-refractivity contribution in [2.75, 3.05) is 26.1 Å². The van der Waals surface area contributed by atoms with Gasteiger partial charge in [0.05, 0.1) is 7.11 Å². The number of carbonyl (C=O) groups is 2. The number of nitrogens with zero attached hydrogens (tertiary/aromatic N) is 1. The normalized spacial score (nSPS) is 25.8. The molecule has 37 heavy (non-hydrogen) atoms. The van der Waals surface area contributed by atoms with E-state index in [4.69, 9.17) is 9.47 Å². The molecule has 0 spiro atoms. The molecule has 0 radical (unpaired) electrons. The summed E-state index contributed by atoms with van der Waals surface area (Å²) in [5.74, 6) is 2.75. The molecule has 4 aliphatic carbocycles. The van der Waals surface area contributed by atoms with Crippen molar-refractivity contribution in [3.63, 3.8) is 0 Å². The number of methoxy groups -OCH3 is 1. The number of carbonyl (C=O) groups excluding carboxylic acids is 2. The van der Waals surface area contributed by atoms with Gasteiger partial charge < -0.3 is 20.1 Å². The molecule has 4 saturated carbocycles. The molecule has 0 heterocycles. The maximum Gasteiger partial charge on any atom is 0.262 e. The van der Waals surface area contributed by atoms with E-state index in [1.165, 1.54) is 64.3 Å². The summed E-state index contributed by atoms with van der Waals surface area (Å²) in [4.78, 5) is 24.3. The minimum absolute atomic E-state index is 0.0215. The first-order chi connectivity index (χ1) is 17.9. The lowest BCUT2D eigenvalue weighted by molar-refractivity contribution is -0.118. The van der Waals surface area contributed by atoms with E-state index in [0.717, 1.165) is 23.4 Å². The fourth-order valence-corrected chi connectivity index (χ4v) is 7.05. The second-order valence-corrected chi connectivity index (χ2v) is 10.8. The molecule has 192 valence electrons. The Kier molecular flexibility index (Phi) is 6.92. The van der Waals surface area contributed by atoms with Gasteiger partial charge in [-0.2, -0.15) is 5.26 Å². The van der Waals surface area contributed by atoms with Crippen molar-refractivity contribution in [3.05, 3.63) is 59.2 Å². The number of nitriles is 1. The summed E-state index contributed by atoms with van der Waals surface area (Å²) in [6.07, 6.45) is 9.69. The monoisotopic (exact) mass is 499 g/mol. The number of hydrogen-bond donors (Lipinski definition) is 2. The SMILES string of the molecule is CNC(=O)/C(C#N)=C\c1ccc(OCC(=O)Nc2ccc(C34CC5CC(CC(C5)C3)C4)cc2)c(OC)c1. The van der Waals surface area contributed by atoms with E-state index < -0.39 is 5.91 Å². The van der Waals surface area contributed by atoms with Crippen molar-refractivity contribution in [3.8, 4) is 17.6 Å². The Bertz CT molecular complexity index is 1220. The minimum Gasteiger partial charge on any atom is -0.493 e. The first kappa shape index (κ1) is 24.9. The van der Waals surface area contributed by atoms with Crippen LogP contribution in [0.25, 0.3) is 6.08 Å². The summed E-state index contributed by atoms with van der Waals surface area (Å²) in [5.41, 5.74) is 3.11. The summed E-state index contributed by atoms with van der Waals surface area (Å²) in [7, 11) is 2.96. The first-order valence-corrected chi connectivity index (χ1v) is 13.0. The zero-order chi connectivity index (χ0) is 26.0. The number of likely N-dealkylation sites (N-methyl/N-ethyl adjacent to an activating group) is 1. The fourth-order valence-electron chi connectivity index (χ4n) is 7.05. The van der Waals surface area contributed by atoms with E-state index in [1.807, 2.05) is 18.2 Å². The van der Waals surface area contributed by atoms with Gasteiger partial charge in [0.25, 0.3) is 11.8 Å². The topological polar surface area (TPSA) is 100 Å². The molecule has 0 saturated heterocycles. The molecule has 6 rings (SSSR count). The minimum atomic E-state index is -0.468. The van der Waals surface area contributed by atoms with Crippen LogP contribution in [0, 0.1) is 29.1 Å². The van der Waals surface area contributed by atoms with Gasteiger partial charge in [-0.05, 0) is 103 Å². The maximum atomic E-state index is 12.6. The molecule has 2 amide bonds. The van der Waals surface area contributed by atoms with Gasteiger partial charge in [-0.15, -0.1) is 0 Å². The third kappa shape index (κ3) is 5.20. The highest BCUT2D eigenvalue weighted by Crippen LogP contribution is 2.60. The van der Waals surface area contributed by atoms with Gasteiger partial charge >= 0.3 is 0 Å². The van der Waals surface area contributed by atoms with E-state index >= 15 is 0 Å². The number of benzene rings is 2. The summed E-state index contributed by atoms with van der Waals surface area (Å²) in [6, 6.07) is 15.3. The van der Waals surface area contributed by atoms with Crippen LogP contribution in [0.2, 0.25) is 0 Å². The second-order valence-electron chi connectivity index (χ2n) is 10.8. The Labute approximate surface area is 217 Å². The molecule has 2 aromatic rings. The van der Waals surface area contributed by atoms with Crippen molar-refractivity contribution < 1.29 is 19.1 Å². The molecule has 0 unspecified atom stereocenters. The molecule has 0 aromatic heterocycles. The molecule has 2 N–H and O–H groups in total. The van der Waals surface area contributed by atoms with Gasteiger partial charge in [0.15, 0.2) is 18.1 Å². The van der Waals surface area contributed by atoms with Crippen LogP contribution in [-0.4, -0.2) is 32.6 Å². The molecular formula is C30H33N3O4. The van der Waals surface area contributed by atoms with E-state index in [0.29, 0.717) is 22.5 Å². The zero-order valence-corrected chi connectivity index (χ0v) is 21.4. The predicted molar refractivity (Wildman–Crippen MR) is 141 cm³/mol. The summed E-state index contributed by atoms with van der Waals surface area (Å²) in [6.45, 7) is -0.177. The van der Waals surface area contributed by atoms with Crippen molar-refractivity contribution in [1.29, 1.82) is 5.26 Å². The quantitative estimate of drug-likeness (QED) is 0.400. The van der Waals surface area contributed by atoms with Crippen LogP contribution < -0.4 is 20.1 Å². The number of anilines is 1. The Hall–Kier alpha value is -3.79. The molecule has 4 bridgehead atoms. The lowest BCUT2D eigenvalue weighted by atomic mass is 9.48. The standard InChI is InChI=1S/C30H33N3O4/c1-32-29(35)23(17-31)12-19-3-8-26(27(13-19)36-2)37-18-28(34)33-25-6-4-24(5-7-25)30-14-20-9-21(15-30)11-22(10-20)16-30/h3-8,12-13,20-22H,9-11,14-16,18H2,1-2H3,(H,32,35)(H,33,34)/b23-12-. The van der Waals surface area contributed by atoms with Crippen molar-refractivity contribution in [1.82, 2.24) is 5.32 Å². The van der Waals surface area contributed by atoms with Crippen molar-refractivity contribution in [2.45, 2.75) is 43.9 Å². The summed E-state index contributed by atoms with van der Waals surface area (Å²) in [5, 5.41) is 14.5. The van der Waals surface area contributed by atoms with Gasteiger partial charge in [-0.3, -0.25) is 9.59 Å². The van der Waals surface area contributed by atoms with E-state index in [2.05, 4.69) is 22.8 Å². The lowest BCUT2D eigenvalue weighted by Crippen LogP contribution is -2.48. The highest BCUT2D eigenvalue weighted by atomic mass is 16.5. The van der Waals surface area contributed by atoms with Gasteiger partial charge in [0.2, 0.25) is 0 Å². The lowest BCUT2D eigenvalue weighted by Gasteiger charge is -2.57. The van der Waals surface area contributed by atoms with Crippen molar-refractivity contribution in [2.24, 2.45) is 17.8 Å². The van der Waals surface area contributed by atoms with Crippen LogP contribution in [0.3, 0.4) is 0 Å². The Morgan fingerprint density at radius 1 is 1.03 bits per heavy atom. The van der Waals surface area contributed by atoms with Gasteiger partial charge in [-0.25, -0.2) is 0 Å². The molecule has 7 nitrogen and oxygen atoms in total. The summed E-state index contributed by atoms with van der Waals surface area (Å²) < 4.78 is 11.1. The Morgan fingerprint density at radius 2 is 1.68 bits per heavy atom. The van der Waals surface area contributed by atoms with E-state index in [1.54, 1.807) is 18.2 Å². The number of rotatable bonds is 8. The van der Waals surface area contributed by atoms with E-state index in [9.17, 15) is 14.9 Å². The maximum absolute atomic E-state index is 12.6. The van der Waals surface area contributed by atoms with Crippen LogP contribution >= 0.6 is 0 Å². The predicted octanol–water partition coefficient (Wildman–Crippen LogP) is 4.83. The highest BCUT2D eigenvalue weighted by molar-refractivity contribution is 6.01. The Balaban J connectivity index is 1.19. The largest absolute Gasteiger partial charge is 0.493 e. The Morgan fingerprint density at radius 3 is 2.24 bits per heavy atom. The van der Waals surface area contributed by atoms with Gasteiger partial charge in [0.1, 0.15) is 11.6 Å². The number of amides is 2. The third-order valence-corrected chi connectivity index (χ3v) is 8.27.